The van der Waals surface area contributed by atoms with Crippen molar-refractivity contribution in [1.82, 2.24) is 0 Å². The van der Waals surface area contributed by atoms with Gasteiger partial charge in [0.15, 0.2) is 0 Å². The van der Waals surface area contributed by atoms with Gasteiger partial charge in [0.25, 0.3) is 0 Å². The van der Waals surface area contributed by atoms with E-state index in [0.717, 1.165) is 0 Å². The standard InChI is InChI=1S/Ar.6FH.W/h;6*1H;/q;;;;;;;+6/p-6. The minimum Gasteiger partial charge on any atom is -1.00 e. The molecule has 8 heavy (non-hydrogen) atoms. The third kappa shape index (κ3) is 137. The van der Waals surface area contributed by atoms with Crippen molar-refractivity contribution in [3.05, 3.63) is 0 Å². The summed E-state index contributed by atoms with van der Waals surface area (Å²) in [6.07, 6.45) is 0. The Morgan fingerprint density at radius 1 is 0.375 bits per heavy atom. The zero-order chi connectivity index (χ0) is 0. The molecule has 0 amide bonds. The molecule has 0 aliphatic carbocycles. The Morgan fingerprint density at radius 3 is 0.375 bits per heavy atom. The molecule has 0 unspecified atom stereocenters. The Kier molecular flexibility index (Phi) is 7680. The van der Waals surface area contributed by atoms with E-state index < -0.39 is 0 Å². The second-order valence-corrected chi connectivity index (χ2v) is 0. The van der Waals surface area contributed by atoms with E-state index in [9.17, 15) is 0 Å². The number of hydrogen-bond donors (Lipinski definition) is 0. The molecule has 0 heterocycles. The molecule has 0 aromatic heterocycles. The van der Waals surface area contributed by atoms with Crippen LogP contribution in [0.5, 0.6) is 0 Å². The molecule has 0 atom stereocenters. The van der Waals surface area contributed by atoms with Crippen molar-refractivity contribution in [1.29, 1.82) is 0 Å². The molecule has 0 saturated carbocycles. The first-order chi connectivity index (χ1) is 0. The molecule has 8 heteroatoms. The van der Waals surface area contributed by atoms with E-state index in [0.29, 0.717) is 0 Å². The minimum absolute atomic E-state index is 0. The summed E-state index contributed by atoms with van der Waals surface area (Å²) in [6, 6.07) is 0. The van der Waals surface area contributed by atoms with Crippen molar-refractivity contribution in [2.75, 3.05) is 0 Å². The Balaban J connectivity index is 0. The summed E-state index contributed by atoms with van der Waals surface area (Å²) in [5.74, 6) is 0. The molecule has 0 aliphatic rings. The zero-order valence-corrected chi connectivity index (χ0v) is 6.67. The van der Waals surface area contributed by atoms with E-state index in [1.807, 2.05) is 0 Å². The van der Waals surface area contributed by atoms with E-state index in [1.165, 1.54) is 0 Å². The Morgan fingerprint density at radius 2 is 0.375 bits per heavy atom. The van der Waals surface area contributed by atoms with Crippen LogP contribution >= 0.6 is 0 Å². The maximum absolute atomic E-state index is 0. The first-order valence-corrected chi connectivity index (χ1v) is 0. The quantitative estimate of drug-likeness (QED) is 0.385. The Bertz CT molecular complexity index is 8.49. The number of hydrogen-bond acceptors (Lipinski definition) is 0. The smallest absolute Gasteiger partial charge is 1.00 e. The summed E-state index contributed by atoms with van der Waals surface area (Å²) < 4.78 is 0. The molecule has 0 aromatic rings. The van der Waals surface area contributed by atoms with Gasteiger partial charge in [-0.2, -0.15) is 0 Å². The third-order valence-electron chi connectivity index (χ3n) is 0. The normalized spacial score (nSPS) is 0. The topological polar surface area (TPSA) is 0 Å². The van der Waals surface area contributed by atoms with Crippen LogP contribution in [0.1, 0.15) is 0 Å². The Hall–Kier alpha value is 1.53. The number of rotatable bonds is 0. The van der Waals surface area contributed by atoms with Gasteiger partial charge in [0.1, 0.15) is 0 Å². The molecule has 0 bridgehead atoms. The van der Waals surface area contributed by atoms with Gasteiger partial charge < -0.3 is 28.2 Å². The van der Waals surface area contributed by atoms with Crippen LogP contribution in [0.4, 0.5) is 0 Å². The van der Waals surface area contributed by atoms with Crippen LogP contribution in [-0.4, -0.2) is 0 Å². The fraction of sp³-hybridized carbons (Fsp3) is 0. The monoisotopic (exact) mass is 338 g/mol. The van der Waals surface area contributed by atoms with E-state index in [4.69, 9.17) is 0 Å². The van der Waals surface area contributed by atoms with Gasteiger partial charge in [0, 0.05) is 37.7 Å². The van der Waals surface area contributed by atoms with Crippen LogP contribution < -0.4 is 28.2 Å². The van der Waals surface area contributed by atoms with Crippen molar-refractivity contribution in [3.63, 3.8) is 0 Å². The first-order valence-electron chi connectivity index (χ1n) is 0. The van der Waals surface area contributed by atoms with Crippen LogP contribution in [0.2, 0.25) is 0 Å². The molecule has 0 nitrogen and oxygen atoms in total. The summed E-state index contributed by atoms with van der Waals surface area (Å²) in [4.78, 5) is 0. The second kappa shape index (κ2) is 207. The molecular formula is ArF6W. The van der Waals surface area contributed by atoms with E-state index in [-0.39, 0.29) is 87.0 Å². The predicted molar refractivity (Wildman–Crippen MR) is 0 cm³/mol. The van der Waals surface area contributed by atoms with Crippen molar-refractivity contribution in [2.24, 2.45) is 0 Å². The molecule has 0 spiro atoms. The third-order valence-corrected chi connectivity index (χ3v) is 0. The molecule has 0 aliphatic heterocycles. The van der Waals surface area contributed by atoms with Crippen LogP contribution in [-0.2, 0) is 21.1 Å². The maximum atomic E-state index is 0. The summed E-state index contributed by atoms with van der Waals surface area (Å²) in [7, 11) is 0. The van der Waals surface area contributed by atoms with Gasteiger partial charge >= 0.3 is 21.1 Å². The van der Waals surface area contributed by atoms with Crippen molar-refractivity contribution in [3.8, 4) is 0 Å². The molecule has 0 aromatic carbocycles. The fourth-order valence-corrected chi connectivity index (χ4v) is 0. The summed E-state index contributed by atoms with van der Waals surface area (Å²) in [5, 5.41) is 0. The first kappa shape index (κ1) is 297. The van der Waals surface area contributed by atoms with Gasteiger partial charge in [-0.05, 0) is 0 Å². The van der Waals surface area contributed by atoms with Gasteiger partial charge in [-0.15, -0.1) is 0 Å². The van der Waals surface area contributed by atoms with Crippen LogP contribution in [0.25, 0.3) is 0 Å². The van der Waals surface area contributed by atoms with E-state index >= 15 is 0 Å². The SMILES string of the molecule is [Ar].[F-].[F-].[F-].[F-].[F-].[F-].[W+6]. The molecule has 56 valence electrons. The largest absolute Gasteiger partial charge is 6.00 e. The number of halogens is 6. The summed E-state index contributed by atoms with van der Waals surface area (Å²) >= 11 is 0. The van der Waals surface area contributed by atoms with Gasteiger partial charge in [0.2, 0.25) is 0 Å². The molecular weight excluding hydrogens is 338 g/mol. The average molecular weight is 338 g/mol. The van der Waals surface area contributed by atoms with Gasteiger partial charge in [0.05, 0.1) is 0 Å². The molecule has 0 N–H and O–H groups in total. The maximum Gasteiger partial charge on any atom is 6.00 e. The predicted octanol–water partition coefficient (Wildman–Crippen LogP) is -18.0. The van der Waals surface area contributed by atoms with Crippen LogP contribution in [0.15, 0.2) is 0 Å². The zero-order valence-electron chi connectivity index (χ0n) is 3.03. The second-order valence-electron chi connectivity index (χ2n) is 0. The molecule has 0 saturated heterocycles. The molecule has 0 rings (SSSR count). The van der Waals surface area contributed by atoms with Gasteiger partial charge in [-0.25, -0.2) is 0 Å². The summed E-state index contributed by atoms with van der Waals surface area (Å²) in [6.45, 7) is 0. The Labute approximate surface area is 86.2 Å². The van der Waals surface area contributed by atoms with Gasteiger partial charge in [-0.3, -0.25) is 0 Å². The minimum atomic E-state index is 0. The molecule has 0 radical (unpaired) electrons. The molecule has 0 fully saturated rings. The van der Waals surface area contributed by atoms with Crippen LogP contribution in [0.3, 0.4) is 0 Å². The van der Waals surface area contributed by atoms with Crippen molar-refractivity contribution >= 4 is 0 Å². The van der Waals surface area contributed by atoms with Crippen LogP contribution in [0, 0.1) is 37.7 Å². The van der Waals surface area contributed by atoms with Gasteiger partial charge in [-0.1, -0.05) is 0 Å². The van der Waals surface area contributed by atoms with Crippen molar-refractivity contribution < 1.29 is 87.0 Å². The average Bonchev–Trinajstić information content (AvgIpc) is 0. The summed E-state index contributed by atoms with van der Waals surface area (Å²) in [5.41, 5.74) is 0. The van der Waals surface area contributed by atoms with Crippen molar-refractivity contribution in [2.45, 2.75) is 0 Å². The van der Waals surface area contributed by atoms with E-state index in [1.54, 1.807) is 0 Å². The fourth-order valence-electron chi connectivity index (χ4n) is 0. The van der Waals surface area contributed by atoms with E-state index in [2.05, 4.69) is 0 Å².